The van der Waals surface area contributed by atoms with E-state index in [1.54, 1.807) is 0 Å². The Balaban J connectivity index is 1.05. The second-order valence-corrected chi connectivity index (χ2v) is 12.3. The molecule has 0 bridgehead atoms. The van der Waals surface area contributed by atoms with Gasteiger partial charge in [-0.2, -0.15) is 0 Å². The lowest BCUT2D eigenvalue weighted by atomic mass is 9.90. The van der Waals surface area contributed by atoms with Gasteiger partial charge in [-0.15, -0.1) is 0 Å². The molecule has 1 heteroatoms. The normalized spacial score (nSPS) is 11.3. The van der Waals surface area contributed by atoms with Crippen LogP contribution in [-0.2, 0) is 6.42 Å². The van der Waals surface area contributed by atoms with Crippen LogP contribution < -0.4 is 0 Å². The summed E-state index contributed by atoms with van der Waals surface area (Å²) < 4.78 is 2.36. The summed E-state index contributed by atoms with van der Waals surface area (Å²) in [5.41, 5.74) is 16.2. The van der Waals surface area contributed by atoms with E-state index in [0.717, 1.165) is 6.42 Å². The Hall–Kier alpha value is -5.92. The molecular weight excluding hydrogens is 567 g/mol. The van der Waals surface area contributed by atoms with Crippen LogP contribution >= 0.6 is 0 Å². The van der Waals surface area contributed by atoms with Crippen molar-refractivity contribution in [1.82, 2.24) is 4.57 Å². The summed E-state index contributed by atoms with van der Waals surface area (Å²) in [6, 6.07) is 59.3. The molecule has 7 aromatic carbocycles. The molecule has 0 aliphatic rings. The third kappa shape index (κ3) is 5.26. The number of aromatic nitrogens is 1. The molecule has 0 aliphatic carbocycles. The largest absolute Gasteiger partial charge is 0.309 e. The van der Waals surface area contributed by atoms with Crippen molar-refractivity contribution < 1.29 is 0 Å². The van der Waals surface area contributed by atoms with Crippen LogP contribution in [0.5, 0.6) is 0 Å². The van der Waals surface area contributed by atoms with Crippen LogP contribution in [0.4, 0.5) is 0 Å². The van der Waals surface area contributed by atoms with Crippen molar-refractivity contribution in [2.45, 2.75) is 13.3 Å². The molecule has 0 atom stereocenters. The maximum atomic E-state index is 4.02. The number of fused-ring (bicyclic) bond motifs is 3. The highest BCUT2D eigenvalue weighted by Crippen LogP contribution is 2.36. The highest BCUT2D eigenvalue weighted by Gasteiger charge is 2.13. The topological polar surface area (TPSA) is 4.93 Å². The second kappa shape index (κ2) is 12.1. The van der Waals surface area contributed by atoms with E-state index in [4.69, 9.17) is 0 Å². The summed E-state index contributed by atoms with van der Waals surface area (Å²) in [6.07, 6.45) is 2.84. The van der Waals surface area contributed by atoms with E-state index >= 15 is 0 Å². The van der Waals surface area contributed by atoms with Crippen LogP contribution in [0.2, 0.25) is 0 Å². The summed E-state index contributed by atoms with van der Waals surface area (Å²) in [5.74, 6) is 0. The lowest BCUT2D eigenvalue weighted by Crippen LogP contribution is -1.95. The fourth-order valence-corrected chi connectivity index (χ4v) is 6.98. The smallest absolute Gasteiger partial charge is 0.0541 e. The van der Waals surface area contributed by atoms with E-state index in [-0.39, 0.29) is 0 Å². The van der Waals surface area contributed by atoms with Crippen molar-refractivity contribution in [1.29, 1.82) is 0 Å². The van der Waals surface area contributed by atoms with Crippen LogP contribution in [0.25, 0.3) is 66.9 Å². The van der Waals surface area contributed by atoms with Gasteiger partial charge >= 0.3 is 0 Å². The molecule has 0 N–H and O–H groups in total. The monoisotopic (exact) mass is 601 g/mol. The summed E-state index contributed by atoms with van der Waals surface area (Å²) >= 11 is 0. The first-order valence-electron chi connectivity index (χ1n) is 16.3. The first-order valence-corrected chi connectivity index (χ1v) is 16.3. The van der Waals surface area contributed by atoms with Gasteiger partial charge in [-0.05, 0) is 99.3 Å². The third-order valence-corrected chi connectivity index (χ3v) is 9.50. The standard InChI is InChI=1S/C46H35N/c1-3-34-12-7-8-16-42(34)41-18-11-13-38(32(41)2)30-33-20-22-35(23-21-33)36-24-26-37(27-25-36)39-28-29-46-44(31-39)43-17-9-10-19-45(43)47(46)40-14-5-4-6-15-40/h3-29,31H,1,30H2,2H3. The molecule has 8 rings (SSSR count). The number of benzene rings is 7. The van der Waals surface area contributed by atoms with Gasteiger partial charge in [-0.3, -0.25) is 0 Å². The maximum Gasteiger partial charge on any atom is 0.0541 e. The minimum Gasteiger partial charge on any atom is -0.309 e. The fraction of sp³-hybridized carbons (Fsp3) is 0.0435. The van der Waals surface area contributed by atoms with Crippen LogP contribution in [0.15, 0.2) is 170 Å². The summed E-state index contributed by atoms with van der Waals surface area (Å²) in [4.78, 5) is 0. The molecular formula is C46H35N. The van der Waals surface area contributed by atoms with Gasteiger partial charge in [0.05, 0.1) is 11.0 Å². The minimum absolute atomic E-state index is 0.901. The average molecular weight is 602 g/mol. The van der Waals surface area contributed by atoms with Crippen molar-refractivity contribution in [3.05, 3.63) is 193 Å². The van der Waals surface area contributed by atoms with Gasteiger partial charge in [-0.25, -0.2) is 0 Å². The number of hydrogen-bond acceptors (Lipinski definition) is 0. The third-order valence-electron chi connectivity index (χ3n) is 9.50. The Bertz CT molecular complexity index is 2370. The Morgan fingerprint density at radius 2 is 1.11 bits per heavy atom. The number of para-hydroxylation sites is 2. The van der Waals surface area contributed by atoms with Crippen LogP contribution in [0, 0.1) is 6.92 Å². The van der Waals surface area contributed by atoms with Gasteiger partial charge in [0.15, 0.2) is 0 Å². The Morgan fingerprint density at radius 1 is 0.511 bits per heavy atom. The molecule has 0 radical (unpaired) electrons. The van der Waals surface area contributed by atoms with E-state index in [9.17, 15) is 0 Å². The molecule has 0 aliphatic heterocycles. The Morgan fingerprint density at radius 3 is 1.87 bits per heavy atom. The molecule has 1 aromatic heterocycles. The molecule has 8 aromatic rings. The van der Waals surface area contributed by atoms with Gasteiger partial charge in [0.2, 0.25) is 0 Å². The molecule has 0 saturated carbocycles. The van der Waals surface area contributed by atoms with Crippen LogP contribution in [-0.4, -0.2) is 4.57 Å². The highest BCUT2D eigenvalue weighted by molar-refractivity contribution is 6.10. The van der Waals surface area contributed by atoms with E-state index in [2.05, 4.69) is 182 Å². The zero-order valence-corrected chi connectivity index (χ0v) is 26.5. The van der Waals surface area contributed by atoms with E-state index in [1.165, 1.54) is 83.1 Å². The molecule has 0 fully saturated rings. The van der Waals surface area contributed by atoms with Gasteiger partial charge in [-0.1, -0.05) is 146 Å². The molecule has 0 saturated heterocycles. The van der Waals surface area contributed by atoms with Crippen molar-refractivity contribution in [2.75, 3.05) is 0 Å². The Kier molecular flexibility index (Phi) is 7.36. The molecule has 0 unspecified atom stereocenters. The lowest BCUT2D eigenvalue weighted by Gasteiger charge is -2.14. The minimum atomic E-state index is 0.901. The summed E-state index contributed by atoms with van der Waals surface area (Å²) in [7, 11) is 0. The van der Waals surface area contributed by atoms with E-state index < -0.39 is 0 Å². The van der Waals surface area contributed by atoms with Crippen molar-refractivity contribution in [2.24, 2.45) is 0 Å². The van der Waals surface area contributed by atoms with E-state index in [1.807, 2.05) is 6.08 Å². The number of hydrogen-bond donors (Lipinski definition) is 0. The van der Waals surface area contributed by atoms with Crippen LogP contribution in [0.1, 0.15) is 22.3 Å². The molecule has 224 valence electrons. The number of rotatable bonds is 7. The maximum absolute atomic E-state index is 4.02. The first kappa shape index (κ1) is 28.5. The van der Waals surface area contributed by atoms with Crippen molar-refractivity contribution in [3.63, 3.8) is 0 Å². The number of nitrogens with zero attached hydrogens (tertiary/aromatic N) is 1. The van der Waals surface area contributed by atoms with Crippen molar-refractivity contribution >= 4 is 27.9 Å². The second-order valence-electron chi connectivity index (χ2n) is 12.3. The first-order chi connectivity index (χ1) is 23.2. The van der Waals surface area contributed by atoms with Gasteiger partial charge in [0.25, 0.3) is 0 Å². The van der Waals surface area contributed by atoms with Crippen molar-refractivity contribution in [3.8, 4) is 39.1 Å². The zero-order chi connectivity index (χ0) is 31.7. The van der Waals surface area contributed by atoms with E-state index in [0.29, 0.717) is 0 Å². The molecule has 0 amide bonds. The molecule has 1 nitrogen and oxygen atoms in total. The van der Waals surface area contributed by atoms with Gasteiger partial charge in [0.1, 0.15) is 0 Å². The quantitative estimate of drug-likeness (QED) is 0.171. The predicted octanol–water partition coefficient (Wildman–Crippen LogP) is 12.3. The average Bonchev–Trinajstić information content (AvgIpc) is 3.47. The zero-order valence-electron chi connectivity index (χ0n) is 26.5. The molecule has 1 heterocycles. The van der Waals surface area contributed by atoms with Gasteiger partial charge < -0.3 is 4.57 Å². The van der Waals surface area contributed by atoms with Gasteiger partial charge in [0, 0.05) is 16.5 Å². The Labute approximate surface area is 276 Å². The summed E-state index contributed by atoms with van der Waals surface area (Å²) in [6.45, 7) is 6.26. The SMILES string of the molecule is C=Cc1ccccc1-c1cccc(Cc2ccc(-c3ccc(-c4ccc5c(c4)c4ccccc4n5-c4ccccc4)cc3)cc2)c1C. The summed E-state index contributed by atoms with van der Waals surface area (Å²) in [5, 5.41) is 2.54. The molecule has 47 heavy (non-hydrogen) atoms. The highest BCUT2D eigenvalue weighted by atomic mass is 15.0. The fourth-order valence-electron chi connectivity index (χ4n) is 6.98. The lowest BCUT2D eigenvalue weighted by molar-refractivity contribution is 1.16. The van der Waals surface area contributed by atoms with Crippen LogP contribution in [0.3, 0.4) is 0 Å². The molecule has 0 spiro atoms. The predicted molar refractivity (Wildman–Crippen MR) is 201 cm³/mol.